The number of ether oxygens (including phenoxy) is 2. The topological polar surface area (TPSA) is 109 Å². The Kier molecular flexibility index (Phi) is 25.9. The molecule has 76 heavy (non-hydrogen) atoms. The number of hydrogen-bond acceptors (Lipinski definition) is 6. The van der Waals surface area contributed by atoms with Crippen LogP contribution in [0.4, 0.5) is 9.59 Å². The normalized spacial score (nSPS) is 15.9. The molecular weight excluding hydrogens is 941 g/mol. The van der Waals surface area contributed by atoms with E-state index in [1.807, 2.05) is 141 Å². The SMILES string of the molecule is C=CC=C.CC.CCCC.Cc1ccc(Oc2cccc(C=C3CCN(C(=O)NC4CC4)CC3)c2)nc1.Cc1ccnc(Oc2cccc(C=C3CCN(C(=O)NC4CC4c4ccccc4)CC3)c2)c1.[HH].[HH].c1ccccc1. The van der Waals surface area contributed by atoms with Crippen LogP contribution in [-0.4, -0.2) is 70.1 Å². The van der Waals surface area contributed by atoms with Crippen molar-refractivity contribution < 1.29 is 21.9 Å². The molecule has 0 spiro atoms. The highest BCUT2D eigenvalue weighted by molar-refractivity contribution is 5.76. The van der Waals surface area contributed by atoms with Crippen LogP contribution in [0.15, 0.2) is 188 Å². The summed E-state index contributed by atoms with van der Waals surface area (Å²) in [7, 11) is 0. The van der Waals surface area contributed by atoms with Crippen LogP contribution in [-0.2, 0) is 0 Å². The molecule has 6 aromatic rings. The molecule has 0 radical (unpaired) electrons. The number of aryl methyl sites for hydroxylation is 2. The molecule has 2 aromatic heterocycles. The highest BCUT2D eigenvalue weighted by atomic mass is 16.5. The number of nitrogens with zero attached hydrogens (tertiary/aromatic N) is 4. The Hall–Kier alpha value is -7.72. The van der Waals surface area contributed by atoms with Gasteiger partial charge in [-0.1, -0.05) is 186 Å². The molecule has 2 atom stereocenters. The Balaban J connectivity index is 0.000000318. The van der Waals surface area contributed by atoms with Crippen molar-refractivity contribution in [1.29, 1.82) is 0 Å². The van der Waals surface area contributed by atoms with E-state index in [2.05, 4.69) is 96.2 Å². The fraction of sp³-hybridized carbons (Fsp3) is 0.333. The molecule has 4 fully saturated rings. The number of allylic oxidation sites excluding steroid dienone is 2. The van der Waals surface area contributed by atoms with Gasteiger partial charge < -0.3 is 29.9 Å². The maximum absolute atomic E-state index is 12.7. The second-order valence-corrected chi connectivity index (χ2v) is 18.9. The second kappa shape index (κ2) is 33.3. The lowest BCUT2D eigenvalue weighted by molar-refractivity contribution is 0.192. The number of nitrogens with one attached hydrogen (secondary N) is 2. The molecule has 2 unspecified atom stereocenters. The van der Waals surface area contributed by atoms with Crippen molar-refractivity contribution in [2.75, 3.05) is 26.2 Å². The summed E-state index contributed by atoms with van der Waals surface area (Å²) in [4.78, 5) is 37.3. The van der Waals surface area contributed by atoms with Crippen LogP contribution in [0, 0.1) is 13.8 Å². The zero-order valence-corrected chi connectivity index (χ0v) is 46.0. The van der Waals surface area contributed by atoms with Crippen molar-refractivity contribution in [3.05, 3.63) is 216 Å². The number of benzene rings is 4. The van der Waals surface area contributed by atoms with Crippen LogP contribution in [0.2, 0.25) is 0 Å². The van der Waals surface area contributed by atoms with Gasteiger partial charge >= 0.3 is 12.1 Å². The van der Waals surface area contributed by atoms with Crippen LogP contribution < -0.4 is 20.1 Å². The first kappa shape index (κ1) is 59.2. The number of unbranched alkanes of at least 4 members (excludes halogenated alkanes) is 1. The van der Waals surface area contributed by atoms with Crippen molar-refractivity contribution in [2.45, 2.75) is 117 Å². The second-order valence-electron chi connectivity index (χ2n) is 18.9. The van der Waals surface area contributed by atoms with Crippen LogP contribution in [0.3, 0.4) is 0 Å². The third-order valence-corrected chi connectivity index (χ3v) is 12.6. The number of urea groups is 2. The zero-order valence-electron chi connectivity index (χ0n) is 46.0. The summed E-state index contributed by atoms with van der Waals surface area (Å²) >= 11 is 0. The van der Waals surface area contributed by atoms with Gasteiger partial charge in [-0.2, -0.15) is 0 Å². The lowest BCUT2D eigenvalue weighted by atomic mass is 10.0. The summed E-state index contributed by atoms with van der Waals surface area (Å²) < 4.78 is 11.8. The highest BCUT2D eigenvalue weighted by Crippen LogP contribution is 2.41. The van der Waals surface area contributed by atoms with Gasteiger partial charge in [0.25, 0.3) is 0 Å². The third kappa shape index (κ3) is 22.0. The van der Waals surface area contributed by atoms with E-state index in [9.17, 15) is 9.59 Å². The van der Waals surface area contributed by atoms with E-state index in [-0.39, 0.29) is 21.0 Å². The lowest BCUT2D eigenvalue weighted by Gasteiger charge is -2.28. The average Bonchev–Trinajstić information content (AvgIpc) is 4.43. The molecule has 4 aromatic carbocycles. The van der Waals surface area contributed by atoms with E-state index in [1.165, 1.54) is 29.6 Å². The number of rotatable bonds is 11. The van der Waals surface area contributed by atoms with Gasteiger partial charge in [0.05, 0.1) is 0 Å². The van der Waals surface area contributed by atoms with E-state index < -0.39 is 0 Å². The summed E-state index contributed by atoms with van der Waals surface area (Å²) in [6.45, 7) is 22.2. The Morgan fingerprint density at radius 2 is 1.11 bits per heavy atom. The van der Waals surface area contributed by atoms with Crippen LogP contribution in [0.1, 0.15) is 122 Å². The predicted molar refractivity (Wildman–Crippen MR) is 319 cm³/mol. The molecule has 4 amide bonds. The van der Waals surface area contributed by atoms with Gasteiger partial charge in [0.2, 0.25) is 11.8 Å². The highest BCUT2D eigenvalue weighted by Gasteiger charge is 2.40. The first-order valence-corrected chi connectivity index (χ1v) is 27.3. The molecular formula is C66H86N6O4. The number of carbonyl (C=O) groups excluding carboxylic acids is 2. The number of likely N-dealkylation sites (tertiary alicyclic amines) is 2. The molecule has 4 heterocycles. The van der Waals surface area contributed by atoms with Crippen LogP contribution in [0.25, 0.3) is 12.2 Å². The van der Waals surface area contributed by atoms with Gasteiger partial charge in [-0.25, -0.2) is 19.6 Å². The molecule has 10 rings (SSSR count). The zero-order chi connectivity index (χ0) is 54.3. The Morgan fingerprint density at radius 3 is 1.57 bits per heavy atom. The summed E-state index contributed by atoms with van der Waals surface area (Å²) in [5.74, 6) is 3.21. The minimum absolute atomic E-state index is 0. The first-order chi connectivity index (χ1) is 37.1. The Bertz CT molecular complexity index is 2680. The summed E-state index contributed by atoms with van der Waals surface area (Å²) in [6.07, 6.45) is 20.8. The van der Waals surface area contributed by atoms with Crippen molar-refractivity contribution in [1.82, 2.24) is 30.4 Å². The molecule has 404 valence electrons. The van der Waals surface area contributed by atoms with Gasteiger partial charge in [-0.3, -0.25) is 0 Å². The number of piperidine rings is 2. The minimum atomic E-state index is 0. The molecule has 2 aliphatic carbocycles. The molecule has 10 heteroatoms. The quantitative estimate of drug-likeness (QED) is 0.125. The van der Waals surface area contributed by atoms with Crippen LogP contribution >= 0.6 is 0 Å². The van der Waals surface area contributed by atoms with Gasteiger partial charge in [-0.15, -0.1) is 0 Å². The number of pyridine rings is 2. The number of aromatic nitrogens is 2. The van der Waals surface area contributed by atoms with E-state index in [1.54, 1.807) is 24.5 Å². The summed E-state index contributed by atoms with van der Waals surface area (Å²) in [6, 6.07) is 47.1. The Morgan fingerprint density at radius 1 is 0.605 bits per heavy atom. The van der Waals surface area contributed by atoms with Gasteiger partial charge in [0, 0.05) is 71.6 Å². The maximum Gasteiger partial charge on any atom is 0.317 e. The smallest absolute Gasteiger partial charge is 0.317 e. The van der Waals surface area contributed by atoms with E-state index in [0.717, 1.165) is 105 Å². The summed E-state index contributed by atoms with van der Waals surface area (Å²) in [5.41, 5.74) is 8.50. The molecule has 4 aliphatic rings. The van der Waals surface area contributed by atoms with Crippen molar-refractivity contribution >= 4 is 24.2 Å². The standard InChI is InChI=1S/C28H29N3O2.C22H25N3O2.C6H6.C4H10.C4H6.C2H6.2H2/c1-20-10-13-29-27(16-20)33-24-9-5-6-22(18-24)17-21-11-14-31(15-12-21)28(32)30-26-19-25(26)23-7-3-2-4-8-23;1-16-5-8-21(23-15-16)27-20-4-2-3-18(14-20)13-17-9-11-25(12-10-17)22(26)24-19-6-7-19;1-2-4-6-5-3-1;2*1-3-4-2;1-2;;/h2-10,13,16-18,25-26H,11-12,14-15,19H2,1H3,(H,30,32);2-5,8,13-15,19H,6-7,9-12H2,1H3,(H,24,26);1-6H;3-4H2,1-2H3;3-4H,1-2H2;1-2H3;2*1H. The summed E-state index contributed by atoms with van der Waals surface area (Å²) in [5, 5.41) is 6.28. The molecule has 2 saturated carbocycles. The first-order valence-electron chi connectivity index (χ1n) is 27.3. The maximum atomic E-state index is 12.7. The fourth-order valence-corrected chi connectivity index (χ4v) is 7.96. The van der Waals surface area contributed by atoms with Crippen molar-refractivity contribution in [3.8, 4) is 23.3 Å². The Labute approximate surface area is 457 Å². The fourth-order valence-electron chi connectivity index (χ4n) is 7.96. The van der Waals surface area contributed by atoms with Crippen LogP contribution in [0.5, 0.6) is 23.3 Å². The van der Waals surface area contributed by atoms with Gasteiger partial charge in [0.1, 0.15) is 11.5 Å². The minimum Gasteiger partial charge on any atom is -0.439 e. The third-order valence-electron chi connectivity index (χ3n) is 12.6. The van der Waals surface area contributed by atoms with Crippen molar-refractivity contribution in [3.63, 3.8) is 0 Å². The van der Waals surface area contributed by atoms with Gasteiger partial charge in [0.15, 0.2) is 0 Å². The molecule has 10 nitrogen and oxygen atoms in total. The monoisotopic (exact) mass is 1030 g/mol. The lowest BCUT2D eigenvalue weighted by Crippen LogP contribution is -2.44. The molecule has 0 bridgehead atoms. The van der Waals surface area contributed by atoms with E-state index >= 15 is 0 Å². The van der Waals surface area contributed by atoms with E-state index in [4.69, 9.17) is 9.47 Å². The number of carbonyl (C=O) groups is 2. The van der Waals surface area contributed by atoms with E-state index in [0.29, 0.717) is 23.7 Å². The van der Waals surface area contributed by atoms with Crippen molar-refractivity contribution in [2.24, 2.45) is 0 Å². The largest absolute Gasteiger partial charge is 0.439 e. The number of hydrogen-bond donors (Lipinski definition) is 2. The van der Waals surface area contributed by atoms with Gasteiger partial charge in [-0.05, 0) is 117 Å². The molecule has 2 saturated heterocycles. The molecule has 2 aliphatic heterocycles. The number of amides is 4. The molecule has 2 N–H and O–H groups in total. The predicted octanol–water partition coefficient (Wildman–Crippen LogP) is 16.8. The average molecular weight is 1030 g/mol.